The van der Waals surface area contributed by atoms with Crippen LogP contribution in [0.4, 0.5) is 0 Å². The normalized spacial score (nSPS) is 11.7. The fourth-order valence-electron chi connectivity index (χ4n) is 0.783. The number of nitriles is 1. The first-order valence-corrected chi connectivity index (χ1v) is 5.20. The number of nitrogens with zero attached hydrogens (tertiary/aromatic N) is 3. The number of rotatable bonds is 4. The maximum absolute atomic E-state index is 10.6. The molecule has 0 spiro atoms. The highest BCUT2D eigenvalue weighted by atomic mass is 32.2. The first kappa shape index (κ1) is 11.5. The van der Waals surface area contributed by atoms with Crippen LogP contribution in [0.2, 0.25) is 0 Å². The lowest BCUT2D eigenvalue weighted by atomic mass is 10.2. The highest BCUT2D eigenvalue weighted by Gasteiger charge is 2.13. The lowest BCUT2D eigenvalue weighted by Crippen LogP contribution is -2.12. The number of aromatic nitrogens is 2. The van der Waals surface area contributed by atoms with Gasteiger partial charge in [-0.2, -0.15) is 5.26 Å². The zero-order chi connectivity index (χ0) is 11.3. The summed E-state index contributed by atoms with van der Waals surface area (Å²) in [5.41, 5.74) is 0.236. The second-order valence-corrected chi connectivity index (χ2v) is 3.88. The fraction of sp³-hybridized carbons (Fsp3) is 0.333. The summed E-state index contributed by atoms with van der Waals surface area (Å²) < 4.78 is 0. The maximum Gasteiger partial charge on any atom is 0.307 e. The van der Waals surface area contributed by atoms with E-state index in [-0.39, 0.29) is 5.69 Å². The molecule has 0 aliphatic heterocycles. The van der Waals surface area contributed by atoms with E-state index in [4.69, 9.17) is 10.4 Å². The minimum atomic E-state index is -0.857. The Morgan fingerprint density at radius 2 is 2.33 bits per heavy atom. The summed E-state index contributed by atoms with van der Waals surface area (Å²) in [6, 6.07) is 1.91. The van der Waals surface area contributed by atoms with Gasteiger partial charge in [0.2, 0.25) is 0 Å². The van der Waals surface area contributed by atoms with E-state index >= 15 is 0 Å². The van der Waals surface area contributed by atoms with Gasteiger partial charge in [0.05, 0.1) is 5.92 Å². The van der Waals surface area contributed by atoms with Gasteiger partial charge in [-0.1, -0.05) is 6.92 Å². The number of carbonyl (C=O) groups is 1. The van der Waals surface area contributed by atoms with Crippen LogP contribution in [0.1, 0.15) is 12.6 Å². The van der Waals surface area contributed by atoms with Crippen LogP contribution in [0, 0.1) is 17.2 Å². The summed E-state index contributed by atoms with van der Waals surface area (Å²) in [6.07, 6.45) is 2.91. The lowest BCUT2D eigenvalue weighted by Gasteiger charge is -2.05. The summed E-state index contributed by atoms with van der Waals surface area (Å²) in [5.74, 6) is -0.948. The molecule has 1 rings (SSSR count). The predicted octanol–water partition coefficient (Wildman–Crippen LogP) is 1.16. The Kier molecular flexibility index (Phi) is 4.06. The minimum absolute atomic E-state index is 0.236. The van der Waals surface area contributed by atoms with Crippen molar-refractivity contribution in [3.8, 4) is 6.07 Å². The smallest absolute Gasteiger partial charge is 0.307 e. The molecule has 0 aromatic carbocycles. The lowest BCUT2D eigenvalue weighted by molar-refractivity contribution is -0.140. The summed E-state index contributed by atoms with van der Waals surface area (Å²) in [7, 11) is 0. The Balaban J connectivity index is 2.66. The van der Waals surface area contributed by atoms with Crippen molar-refractivity contribution < 1.29 is 9.90 Å². The van der Waals surface area contributed by atoms with Crippen molar-refractivity contribution in [2.24, 2.45) is 5.92 Å². The van der Waals surface area contributed by atoms with Crippen molar-refractivity contribution in [1.29, 1.82) is 5.26 Å². The number of aliphatic carboxylic acids is 1. The van der Waals surface area contributed by atoms with Gasteiger partial charge in [0.1, 0.15) is 11.1 Å². The minimum Gasteiger partial charge on any atom is -0.481 e. The standard InChI is InChI=1S/C9H9N3O2S/c1-6(9(13)14)5-15-8-7(4-10)11-2-3-12-8/h2-3,6H,5H2,1H3,(H,13,14). The topological polar surface area (TPSA) is 86.9 Å². The third kappa shape index (κ3) is 3.22. The molecule has 5 nitrogen and oxygen atoms in total. The van der Waals surface area contributed by atoms with E-state index in [1.807, 2.05) is 6.07 Å². The number of carboxylic acids is 1. The molecule has 78 valence electrons. The molecule has 1 aromatic rings. The molecule has 6 heteroatoms. The van der Waals surface area contributed by atoms with Crippen molar-refractivity contribution in [2.45, 2.75) is 11.9 Å². The second kappa shape index (κ2) is 5.32. The van der Waals surface area contributed by atoms with E-state index in [1.54, 1.807) is 6.92 Å². The molecule has 0 aliphatic carbocycles. The van der Waals surface area contributed by atoms with Crippen LogP contribution < -0.4 is 0 Å². The van der Waals surface area contributed by atoms with Crippen LogP contribution in [-0.2, 0) is 4.79 Å². The average molecular weight is 223 g/mol. The van der Waals surface area contributed by atoms with Crippen LogP contribution in [0.15, 0.2) is 17.4 Å². The Bertz CT molecular complexity index is 403. The molecular weight excluding hydrogens is 214 g/mol. The first-order valence-electron chi connectivity index (χ1n) is 4.22. The molecule has 1 aromatic heterocycles. The van der Waals surface area contributed by atoms with Crippen LogP contribution >= 0.6 is 11.8 Å². The van der Waals surface area contributed by atoms with Gasteiger partial charge < -0.3 is 5.11 Å². The van der Waals surface area contributed by atoms with Crippen LogP contribution in [-0.4, -0.2) is 26.8 Å². The Morgan fingerprint density at radius 1 is 1.67 bits per heavy atom. The number of carboxylic acid groups (broad SMARTS) is 1. The number of hydrogen-bond donors (Lipinski definition) is 1. The Labute approximate surface area is 91.2 Å². The average Bonchev–Trinajstić information content (AvgIpc) is 2.26. The van der Waals surface area contributed by atoms with Gasteiger partial charge in [-0.3, -0.25) is 4.79 Å². The molecule has 1 atom stereocenters. The predicted molar refractivity (Wildman–Crippen MR) is 54.3 cm³/mol. The summed E-state index contributed by atoms with van der Waals surface area (Å²) in [5, 5.41) is 17.9. The molecular formula is C9H9N3O2S. The van der Waals surface area contributed by atoms with E-state index < -0.39 is 11.9 Å². The van der Waals surface area contributed by atoms with E-state index in [2.05, 4.69) is 9.97 Å². The quantitative estimate of drug-likeness (QED) is 0.771. The van der Waals surface area contributed by atoms with Gasteiger partial charge in [0.25, 0.3) is 0 Å². The zero-order valence-electron chi connectivity index (χ0n) is 8.04. The SMILES string of the molecule is CC(CSc1nccnc1C#N)C(=O)O. The Morgan fingerprint density at radius 3 is 2.93 bits per heavy atom. The van der Waals surface area contributed by atoms with E-state index in [0.717, 1.165) is 0 Å². The van der Waals surface area contributed by atoms with Crippen molar-refractivity contribution in [3.05, 3.63) is 18.1 Å². The highest BCUT2D eigenvalue weighted by molar-refractivity contribution is 7.99. The van der Waals surface area contributed by atoms with Gasteiger partial charge in [-0.25, -0.2) is 9.97 Å². The highest BCUT2D eigenvalue weighted by Crippen LogP contribution is 2.20. The van der Waals surface area contributed by atoms with Crippen molar-refractivity contribution in [1.82, 2.24) is 9.97 Å². The third-order valence-electron chi connectivity index (χ3n) is 1.66. The van der Waals surface area contributed by atoms with Gasteiger partial charge >= 0.3 is 5.97 Å². The molecule has 0 bridgehead atoms. The summed E-state index contributed by atoms with van der Waals surface area (Å²) >= 11 is 1.23. The first-order chi connectivity index (χ1) is 7.15. The molecule has 0 amide bonds. The van der Waals surface area contributed by atoms with Gasteiger partial charge in [-0.15, -0.1) is 11.8 Å². The van der Waals surface area contributed by atoms with Crippen molar-refractivity contribution >= 4 is 17.7 Å². The summed E-state index contributed by atoms with van der Waals surface area (Å²) in [6.45, 7) is 1.61. The molecule has 0 saturated heterocycles. The third-order valence-corrected chi connectivity index (χ3v) is 2.90. The van der Waals surface area contributed by atoms with Crippen molar-refractivity contribution in [2.75, 3.05) is 5.75 Å². The fourth-order valence-corrected chi connectivity index (χ4v) is 1.70. The molecule has 0 fully saturated rings. The molecule has 0 saturated carbocycles. The van der Waals surface area contributed by atoms with Crippen molar-refractivity contribution in [3.63, 3.8) is 0 Å². The van der Waals surface area contributed by atoms with Gasteiger partial charge in [-0.05, 0) is 0 Å². The van der Waals surface area contributed by atoms with E-state index in [0.29, 0.717) is 10.8 Å². The van der Waals surface area contributed by atoms with Crippen LogP contribution in [0.3, 0.4) is 0 Å². The van der Waals surface area contributed by atoms with Crippen LogP contribution in [0.25, 0.3) is 0 Å². The monoisotopic (exact) mass is 223 g/mol. The number of thioether (sulfide) groups is 1. The second-order valence-electron chi connectivity index (χ2n) is 2.87. The zero-order valence-corrected chi connectivity index (χ0v) is 8.86. The van der Waals surface area contributed by atoms with Gasteiger partial charge in [0.15, 0.2) is 5.69 Å². The summed E-state index contributed by atoms with van der Waals surface area (Å²) in [4.78, 5) is 18.4. The van der Waals surface area contributed by atoms with E-state index in [9.17, 15) is 4.79 Å². The largest absolute Gasteiger partial charge is 0.481 e. The van der Waals surface area contributed by atoms with Gasteiger partial charge in [0, 0.05) is 18.1 Å². The maximum atomic E-state index is 10.6. The molecule has 1 N–H and O–H groups in total. The van der Waals surface area contributed by atoms with E-state index in [1.165, 1.54) is 24.2 Å². The molecule has 1 unspecified atom stereocenters. The van der Waals surface area contributed by atoms with Crippen LogP contribution in [0.5, 0.6) is 0 Å². The molecule has 0 radical (unpaired) electrons. The molecule has 0 aliphatic rings. The Hall–Kier alpha value is -1.61. The number of hydrogen-bond acceptors (Lipinski definition) is 5. The molecule has 1 heterocycles. The molecule has 15 heavy (non-hydrogen) atoms.